The summed E-state index contributed by atoms with van der Waals surface area (Å²) in [5.41, 5.74) is 5.90. The zero-order valence-corrected chi connectivity index (χ0v) is 9.51. The summed E-state index contributed by atoms with van der Waals surface area (Å²) >= 11 is 1.55. The Balaban J connectivity index is 2.69. The van der Waals surface area contributed by atoms with Crippen LogP contribution in [0, 0.1) is 5.92 Å². The van der Waals surface area contributed by atoms with E-state index in [9.17, 15) is 4.79 Å². The van der Waals surface area contributed by atoms with E-state index in [2.05, 4.69) is 0 Å². The molecular weight excluding hydrogens is 194 g/mol. The van der Waals surface area contributed by atoms with Crippen LogP contribution in [-0.4, -0.2) is 5.78 Å². The Kier molecular flexibility index (Phi) is 4.29. The first-order valence-electron chi connectivity index (χ1n) is 5.03. The second-order valence-corrected chi connectivity index (χ2v) is 4.39. The third-order valence-electron chi connectivity index (χ3n) is 2.54. The molecule has 1 aromatic rings. The molecule has 0 radical (unpaired) electrons. The van der Waals surface area contributed by atoms with Crippen LogP contribution < -0.4 is 5.73 Å². The first kappa shape index (κ1) is 11.4. The monoisotopic (exact) mass is 211 g/mol. The molecule has 0 aliphatic carbocycles. The smallest absolute Gasteiger partial charge is 0.157 e. The van der Waals surface area contributed by atoms with Crippen LogP contribution in [0.2, 0.25) is 0 Å². The molecule has 1 unspecified atom stereocenters. The molecule has 14 heavy (non-hydrogen) atoms. The summed E-state index contributed by atoms with van der Waals surface area (Å²) < 4.78 is 0. The maximum Gasteiger partial charge on any atom is 0.157 e. The molecule has 0 amide bonds. The summed E-state index contributed by atoms with van der Waals surface area (Å²) in [5, 5.41) is 1.95. The fourth-order valence-corrected chi connectivity index (χ4v) is 2.29. The van der Waals surface area contributed by atoms with E-state index < -0.39 is 6.04 Å². The first-order valence-corrected chi connectivity index (χ1v) is 5.91. The van der Waals surface area contributed by atoms with Crippen molar-refractivity contribution in [1.29, 1.82) is 0 Å². The molecule has 1 atom stereocenters. The highest BCUT2D eigenvalue weighted by atomic mass is 32.1. The fourth-order valence-electron chi connectivity index (χ4n) is 1.55. The minimum atomic E-state index is -0.417. The molecule has 0 fully saturated rings. The van der Waals surface area contributed by atoms with Gasteiger partial charge in [-0.25, -0.2) is 0 Å². The van der Waals surface area contributed by atoms with Crippen LogP contribution in [0.4, 0.5) is 0 Å². The lowest BCUT2D eigenvalue weighted by atomic mass is 9.93. The maximum atomic E-state index is 11.9. The molecule has 3 heteroatoms. The van der Waals surface area contributed by atoms with Gasteiger partial charge in [-0.15, -0.1) is 11.3 Å². The van der Waals surface area contributed by atoms with Crippen LogP contribution in [0.5, 0.6) is 0 Å². The summed E-state index contributed by atoms with van der Waals surface area (Å²) in [6.07, 6.45) is 1.77. The van der Waals surface area contributed by atoms with Crippen molar-refractivity contribution >= 4 is 17.1 Å². The summed E-state index contributed by atoms with van der Waals surface area (Å²) in [6, 6.07) is 3.44. The second kappa shape index (κ2) is 5.27. The number of ketones is 1. The molecule has 2 N–H and O–H groups in total. The van der Waals surface area contributed by atoms with Crippen LogP contribution in [0.3, 0.4) is 0 Å². The molecule has 0 aliphatic rings. The lowest BCUT2D eigenvalue weighted by molar-refractivity contribution is -0.124. The third-order valence-corrected chi connectivity index (χ3v) is 3.50. The van der Waals surface area contributed by atoms with E-state index in [0.717, 1.165) is 17.7 Å². The van der Waals surface area contributed by atoms with E-state index in [0.29, 0.717) is 0 Å². The number of hydrogen-bond acceptors (Lipinski definition) is 3. The van der Waals surface area contributed by atoms with Gasteiger partial charge in [-0.2, -0.15) is 0 Å². The molecule has 0 saturated carbocycles. The zero-order chi connectivity index (χ0) is 10.6. The normalized spacial score (nSPS) is 13.1. The van der Waals surface area contributed by atoms with Crippen LogP contribution >= 0.6 is 11.3 Å². The Morgan fingerprint density at radius 2 is 2.14 bits per heavy atom. The topological polar surface area (TPSA) is 43.1 Å². The van der Waals surface area contributed by atoms with E-state index in [4.69, 9.17) is 5.73 Å². The number of carbonyl (C=O) groups is 1. The van der Waals surface area contributed by atoms with Crippen molar-refractivity contribution in [2.75, 3.05) is 0 Å². The molecular formula is C11H17NOS. The lowest BCUT2D eigenvalue weighted by Gasteiger charge is -2.15. The van der Waals surface area contributed by atoms with Crippen molar-refractivity contribution in [2.24, 2.45) is 11.7 Å². The quantitative estimate of drug-likeness (QED) is 0.813. The lowest BCUT2D eigenvalue weighted by Crippen LogP contribution is -2.26. The predicted molar refractivity (Wildman–Crippen MR) is 60.3 cm³/mol. The number of hydrogen-bond donors (Lipinski definition) is 1. The molecule has 0 spiro atoms. The summed E-state index contributed by atoms with van der Waals surface area (Å²) in [7, 11) is 0. The average Bonchev–Trinajstić information content (AvgIpc) is 2.71. The molecule has 0 saturated heterocycles. The van der Waals surface area contributed by atoms with Gasteiger partial charge in [-0.05, 0) is 24.3 Å². The van der Waals surface area contributed by atoms with E-state index in [-0.39, 0.29) is 11.7 Å². The van der Waals surface area contributed by atoms with Gasteiger partial charge in [0.15, 0.2) is 5.78 Å². The molecule has 1 rings (SSSR count). The zero-order valence-electron chi connectivity index (χ0n) is 8.69. The molecule has 0 bridgehead atoms. The van der Waals surface area contributed by atoms with E-state index in [1.807, 2.05) is 31.4 Å². The van der Waals surface area contributed by atoms with Gasteiger partial charge in [0.25, 0.3) is 0 Å². The number of nitrogens with two attached hydrogens (primary N) is 1. The summed E-state index contributed by atoms with van der Waals surface area (Å²) in [6.45, 7) is 4.07. The Labute approximate surface area is 89.1 Å². The van der Waals surface area contributed by atoms with Crippen LogP contribution in [0.25, 0.3) is 0 Å². The number of carbonyl (C=O) groups excluding carboxylic acids is 1. The molecule has 1 aromatic heterocycles. The van der Waals surface area contributed by atoms with Gasteiger partial charge < -0.3 is 5.73 Å². The van der Waals surface area contributed by atoms with Crippen molar-refractivity contribution in [2.45, 2.75) is 32.7 Å². The van der Waals surface area contributed by atoms with Crippen molar-refractivity contribution in [3.05, 3.63) is 22.4 Å². The highest BCUT2D eigenvalue weighted by Crippen LogP contribution is 2.22. The number of thiophene rings is 1. The maximum absolute atomic E-state index is 11.9. The Morgan fingerprint density at radius 3 is 2.57 bits per heavy atom. The van der Waals surface area contributed by atoms with E-state index >= 15 is 0 Å². The van der Waals surface area contributed by atoms with Crippen LogP contribution in [-0.2, 0) is 4.79 Å². The van der Waals surface area contributed by atoms with Gasteiger partial charge in [0.05, 0.1) is 6.04 Å². The minimum absolute atomic E-state index is 0.118. The molecule has 2 nitrogen and oxygen atoms in total. The predicted octanol–water partition coefficient (Wildman–Crippen LogP) is 2.75. The van der Waals surface area contributed by atoms with Gasteiger partial charge in [0.2, 0.25) is 0 Å². The standard InChI is InChI=1S/C11H17NOS/c1-3-8(4-2)11(13)10(12)9-6-5-7-14-9/h5-8,10H,3-4,12H2,1-2H3. The summed E-state index contributed by atoms with van der Waals surface area (Å²) in [4.78, 5) is 12.9. The number of Topliss-reactive ketones (excluding diaryl/α,β-unsaturated/α-hetero) is 1. The third kappa shape index (κ3) is 2.42. The Morgan fingerprint density at radius 1 is 1.50 bits per heavy atom. The van der Waals surface area contributed by atoms with Crippen molar-refractivity contribution in [3.8, 4) is 0 Å². The van der Waals surface area contributed by atoms with Crippen molar-refractivity contribution < 1.29 is 4.79 Å². The SMILES string of the molecule is CCC(CC)C(=O)C(N)c1cccs1. The van der Waals surface area contributed by atoms with Gasteiger partial charge in [0.1, 0.15) is 0 Å². The Bertz CT molecular complexity index is 277. The highest BCUT2D eigenvalue weighted by molar-refractivity contribution is 7.10. The van der Waals surface area contributed by atoms with Gasteiger partial charge in [0, 0.05) is 10.8 Å². The minimum Gasteiger partial charge on any atom is -0.317 e. The van der Waals surface area contributed by atoms with Gasteiger partial charge in [-0.1, -0.05) is 19.9 Å². The summed E-state index contributed by atoms with van der Waals surface area (Å²) in [5.74, 6) is 0.296. The first-order chi connectivity index (χ1) is 6.70. The van der Waals surface area contributed by atoms with Crippen molar-refractivity contribution in [3.63, 3.8) is 0 Å². The van der Waals surface area contributed by atoms with Crippen LogP contribution in [0.1, 0.15) is 37.6 Å². The molecule has 0 aromatic carbocycles. The van der Waals surface area contributed by atoms with Gasteiger partial charge >= 0.3 is 0 Å². The second-order valence-electron chi connectivity index (χ2n) is 3.41. The highest BCUT2D eigenvalue weighted by Gasteiger charge is 2.23. The molecule has 1 heterocycles. The van der Waals surface area contributed by atoms with E-state index in [1.54, 1.807) is 11.3 Å². The molecule has 0 aliphatic heterocycles. The largest absolute Gasteiger partial charge is 0.317 e. The molecule has 78 valence electrons. The van der Waals surface area contributed by atoms with Crippen molar-refractivity contribution in [1.82, 2.24) is 0 Å². The Hall–Kier alpha value is -0.670. The average molecular weight is 211 g/mol. The van der Waals surface area contributed by atoms with Crippen LogP contribution in [0.15, 0.2) is 17.5 Å². The number of rotatable bonds is 5. The fraction of sp³-hybridized carbons (Fsp3) is 0.545. The van der Waals surface area contributed by atoms with E-state index in [1.165, 1.54) is 0 Å². The van der Waals surface area contributed by atoms with Gasteiger partial charge in [-0.3, -0.25) is 4.79 Å².